The van der Waals surface area contributed by atoms with Crippen molar-refractivity contribution >= 4 is 29.2 Å². The first-order chi connectivity index (χ1) is 10.9. The number of aryl methyl sites for hydroxylation is 2. The lowest BCUT2D eigenvalue weighted by Crippen LogP contribution is -2.30. The van der Waals surface area contributed by atoms with E-state index in [9.17, 15) is 9.59 Å². The van der Waals surface area contributed by atoms with Crippen LogP contribution in [0, 0.1) is 13.8 Å². The van der Waals surface area contributed by atoms with E-state index in [0.29, 0.717) is 27.7 Å². The van der Waals surface area contributed by atoms with E-state index in [1.54, 1.807) is 38.1 Å². The maximum absolute atomic E-state index is 12.0. The minimum Gasteiger partial charge on any atom is -0.452 e. The number of hydrogen-bond acceptors (Lipinski definition) is 5. The highest BCUT2D eigenvalue weighted by molar-refractivity contribution is 6.30. The molecule has 0 saturated carbocycles. The van der Waals surface area contributed by atoms with Crippen molar-refractivity contribution in [1.29, 1.82) is 0 Å². The molecule has 0 radical (unpaired) electrons. The number of anilines is 1. The van der Waals surface area contributed by atoms with Gasteiger partial charge in [-0.3, -0.25) is 9.59 Å². The molecule has 0 bridgehead atoms. The molecule has 1 N–H and O–H groups in total. The molecule has 7 heteroatoms. The Morgan fingerprint density at radius 3 is 2.52 bits per heavy atom. The Balaban J connectivity index is 1.90. The SMILES string of the molecule is Cc1noc(C)c1CC(=O)O[C@H](C)C(=O)Nc1ccc(Cl)cc1. The second-order valence-electron chi connectivity index (χ2n) is 5.11. The maximum Gasteiger partial charge on any atom is 0.311 e. The van der Waals surface area contributed by atoms with E-state index < -0.39 is 18.0 Å². The molecule has 0 aliphatic heterocycles. The number of nitrogens with one attached hydrogen (secondary N) is 1. The molecule has 2 rings (SSSR count). The summed E-state index contributed by atoms with van der Waals surface area (Å²) in [6.07, 6.45) is -0.904. The lowest BCUT2D eigenvalue weighted by Gasteiger charge is -2.13. The van der Waals surface area contributed by atoms with Gasteiger partial charge in [0.1, 0.15) is 5.76 Å². The van der Waals surface area contributed by atoms with Crippen molar-refractivity contribution in [1.82, 2.24) is 5.16 Å². The van der Waals surface area contributed by atoms with Crippen LogP contribution in [-0.4, -0.2) is 23.1 Å². The quantitative estimate of drug-likeness (QED) is 0.849. The van der Waals surface area contributed by atoms with Gasteiger partial charge in [-0.25, -0.2) is 0 Å². The van der Waals surface area contributed by atoms with E-state index in [1.807, 2.05) is 0 Å². The van der Waals surface area contributed by atoms with E-state index in [-0.39, 0.29) is 6.42 Å². The second-order valence-corrected chi connectivity index (χ2v) is 5.54. The van der Waals surface area contributed by atoms with Gasteiger partial charge >= 0.3 is 5.97 Å². The molecule has 1 atom stereocenters. The Morgan fingerprint density at radius 1 is 1.30 bits per heavy atom. The molecule has 0 fully saturated rings. The van der Waals surface area contributed by atoms with Crippen LogP contribution in [0.15, 0.2) is 28.8 Å². The fraction of sp³-hybridized carbons (Fsp3) is 0.312. The zero-order valence-corrected chi connectivity index (χ0v) is 13.8. The maximum atomic E-state index is 12.0. The highest BCUT2D eigenvalue weighted by Crippen LogP contribution is 2.15. The molecule has 2 aromatic rings. The molecule has 6 nitrogen and oxygen atoms in total. The lowest BCUT2D eigenvalue weighted by atomic mass is 10.1. The van der Waals surface area contributed by atoms with Crippen LogP contribution in [0.4, 0.5) is 5.69 Å². The highest BCUT2D eigenvalue weighted by Gasteiger charge is 2.20. The zero-order valence-electron chi connectivity index (χ0n) is 13.1. The third-order valence-corrected chi connectivity index (χ3v) is 3.54. The normalized spacial score (nSPS) is 11.8. The summed E-state index contributed by atoms with van der Waals surface area (Å²) in [6, 6.07) is 6.65. The summed E-state index contributed by atoms with van der Waals surface area (Å²) in [5.41, 5.74) is 1.89. The largest absolute Gasteiger partial charge is 0.452 e. The van der Waals surface area contributed by atoms with Crippen LogP contribution in [0.1, 0.15) is 23.9 Å². The number of carbonyl (C=O) groups is 2. The second kappa shape index (κ2) is 7.28. The van der Waals surface area contributed by atoms with Gasteiger partial charge in [-0.1, -0.05) is 16.8 Å². The van der Waals surface area contributed by atoms with Gasteiger partial charge in [0.05, 0.1) is 12.1 Å². The third-order valence-electron chi connectivity index (χ3n) is 3.29. The Hall–Kier alpha value is -2.34. The Bertz CT molecular complexity index is 690. The molecule has 122 valence electrons. The predicted octanol–water partition coefficient (Wildman–Crippen LogP) is 3.06. The summed E-state index contributed by atoms with van der Waals surface area (Å²) in [5.74, 6) is -0.365. The number of rotatable bonds is 5. The summed E-state index contributed by atoms with van der Waals surface area (Å²) in [6.45, 7) is 4.98. The van der Waals surface area contributed by atoms with Crippen LogP contribution in [0.5, 0.6) is 0 Å². The first kappa shape index (κ1) is 17.0. The van der Waals surface area contributed by atoms with Crippen LogP contribution < -0.4 is 5.32 Å². The van der Waals surface area contributed by atoms with Gasteiger partial charge in [0.2, 0.25) is 0 Å². The van der Waals surface area contributed by atoms with Crippen molar-refractivity contribution in [2.45, 2.75) is 33.3 Å². The number of nitrogens with zero attached hydrogens (tertiary/aromatic N) is 1. The average Bonchev–Trinajstić information content (AvgIpc) is 2.81. The van der Waals surface area contributed by atoms with Gasteiger partial charge in [0.15, 0.2) is 6.10 Å². The minimum atomic E-state index is -0.918. The van der Waals surface area contributed by atoms with Crippen molar-refractivity contribution < 1.29 is 18.8 Å². The minimum absolute atomic E-state index is 0.0136. The molecular formula is C16H17ClN2O4. The molecule has 1 heterocycles. The summed E-state index contributed by atoms with van der Waals surface area (Å²) >= 11 is 5.78. The van der Waals surface area contributed by atoms with Gasteiger partial charge in [-0.15, -0.1) is 0 Å². The van der Waals surface area contributed by atoms with Gasteiger partial charge in [-0.05, 0) is 45.0 Å². The molecule has 0 unspecified atom stereocenters. The number of esters is 1. The number of carbonyl (C=O) groups excluding carboxylic acids is 2. The van der Waals surface area contributed by atoms with E-state index in [2.05, 4.69) is 10.5 Å². The molecule has 0 aliphatic rings. The van der Waals surface area contributed by atoms with Crippen LogP contribution in [0.2, 0.25) is 5.02 Å². The van der Waals surface area contributed by atoms with Crippen LogP contribution in [0.25, 0.3) is 0 Å². The lowest BCUT2D eigenvalue weighted by molar-refractivity contribution is -0.152. The summed E-state index contributed by atoms with van der Waals surface area (Å²) in [4.78, 5) is 24.0. The zero-order chi connectivity index (χ0) is 17.0. The fourth-order valence-electron chi connectivity index (χ4n) is 1.97. The first-order valence-electron chi connectivity index (χ1n) is 7.04. The number of halogens is 1. The van der Waals surface area contributed by atoms with Crippen molar-refractivity contribution in [3.8, 4) is 0 Å². The number of aromatic nitrogens is 1. The molecular weight excluding hydrogens is 320 g/mol. The Kier molecular flexibility index (Phi) is 5.39. The molecule has 0 spiro atoms. The van der Waals surface area contributed by atoms with Crippen LogP contribution in [-0.2, 0) is 20.7 Å². The van der Waals surface area contributed by atoms with Gasteiger partial charge in [-0.2, -0.15) is 0 Å². The van der Waals surface area contributed by atoms with Gasteiger partial charge in [0.25, 0.3) is 5.91 Å². The standard InChI is InChI=1S/C16H17ClN2O4/c1-9-14(10(2)23-19-9)8-15(20)22-11(3)16(21)18-13-6-4-12(17)5-7-13/h4-7,11H,8H2,1-3H3,(H,18,21)/t11-/m1/s1. The number of benzene rings is 1. The highest BCUT2D eigenvalue weighted by atomic mass is 35.5. The third kappa shape index (κ3) is 4.56. The molecule has 0 saturated heterocycles. The monoisotopic (exact) mass is 336 g/mol. The van der Waals surface area contributed by atoms with Gasteiger partial charge < -0.3 is 14.6 Å². The van der Waals surface area contributed by atoms with E-state index in [0.717, 1.165) is 0 Å². The number of ether oxygens (including phenoxy) is 1. The molecule has 23 heavy (non-hydrogen) atoms. The van der Waals surface area contributed by atoms with E-state index in [4.69, 9.17) is 20.9 Å². The van der Waals surface area contributed by atoms with Crippen LogP contribution >= 0.6 is 11.6 Å². The van der Waals surface area contributed by atoms with Gasteiger partial charge in [0, 0.05) is 16.3 Å². The molecule has 1 amide bonds. The van der Waals surface area contributed by atoms with E-state index in [1.165, 1.54) is 6.92 Å². The first-order valence-corrected chi connectivity index (χ1v) is 7.42. The topological polar surface area (TPSA) is 81.4 Å². The van der Waals surface area contributed by atoms with Crippen molar-refractivity contribution in [2.75, 3.05) is 5.32 Å². The fourth-order valence-corrected chi connectivity index (χ4v) is 2.09. The number of amides is 1. The smallest absolute Gasteiger partial charge is 0.311 e. The molecule has 1 aromatic carbocycles. The average molecular weight is 337 g/mol. The van der Waals surface area contributed by atoms with Crippen molar-refractivity contribution in [3.63, 3.8) is 0 Å². The van der Waals surface area contributed by atoms with E-state index >= 15 is 0 Å². The summed E-state index contributed by atoms with van der Waals surface area (Å²) < 4.78 is 10.1. The summed E-state index contributed by atoms with van der Waals surface area (Å²) in [7, 11) is 0. The predicted molar refractivity (Wildman–Crippen MR) is 85.3 cm³/mol. The summed E-state index contributed by atoms with van der Waals surface area (Å²) in [5, 5.41) is 7.00. The number of hydrogen-bond donors (Lipinski definition) is 1. The Labute approximate surface area is 138 Å². The molecule has 0 aliphatic carbocycles. The molecule has 1 aromatic heterocycles. The van der Waals surface area contributed by atoms with Crippen LogP contribution in [0.3, 0.4) is 0 Å². The Morgan fingerprint density at radius 2 is 1.96 bits per heavy atom. The van der Waals surface area contributed by atoms with Crippen molar-refractivity contribution in [3.05, 3.63) is 46.3 Å². The van der Waals surface area contributed by atoms with Crippen molar-refractivity contribution in [2.24, 2.45) is 0 Å².